The fourth-order valence-corrected chi connectivity index (χ4v) is 3.30. The molecule has 0 amide bonds. The van der Waals surface area contributed by atoms with Crippen molar-refractivity contribution in [2.45, 2.75) is 33.4 Å². The van der Waals surface area contributed by atoms with Gasteiger partial charge in [-0.2, -0.15) is 4.98 Å². The van der Waals surface area contributed by atoms with Crippen molar-refractivity contribution in [3.63, 3.8) is 0 Å². The zero-order valence-corrected chi connectivity index (χ0v) is 19.5. The summed E-state index contributed by atoms with van der Waals surface area (Å²) < 4.78 is 5.29. The molecule has 1 aromatic carbocycles. The van der Waals surface area contributed by atoms with Crippen molar-refractivity contribution in [1.29, 1.82) is 0 Å². The molecule has 150 valence electrons. The van der Waals surface area contributed by atoms with Crippen LogP contribution in [0, 0.1) is 0 Å². The normalized spacial score (nSPS) is 11.2. The number of aliphatic imine (C=N–C) groups is 1. The molecule has 2 aromatic heterocycles. The molecular weight excluding hydrogens is 511 g/mol. The Morgan fingerprint density at radius 2 is 2.14 bits per heavy atom. The average Bonchev–Trinajstić information content (AvgIpc) is 3.33. The van der Waals surface area contributed by atoms with Gasteiger partial charge >= 0.3 is 0 Å². The van der Waals surface area contributed by atoms with Gasteiger partial charge in [-0.3, -0.25) is 0 Å². The standard InChI is InChI=1S/C18H21ClN6OS.HI/c1-3-14-9-21-16(27-14)11-23-18(20-4-2)22-10-15-24-17(25-26-15)12-6-5-7-13(19)8-12;/h5-9H,3-4,10-11H2,1-2H3,(H2,20,22,23);1H. The van der Waals surface area contributed by atoms with Gasteiger partial charge in [0.05, 0.1) is 6.54 Å². The van der Waals surface area contributed by atoms with E-state index in [1.807, 2.05) is 25.3 Å². The predicted octanol–water partition coefficient (Wildman–Crippen LogP) is 4.28. The molecular formula is C18H22ClIN6OS. The number of aryl methyl sites for hydroxylation is 1. The summed E-state index contributed by atoms with van der Waals surface area (Å²) in [5, 5.41) is 12.1. The molecule has 28 heavy (non-hydrogen) atoms. The average molecular weight is 533 g/mol. The number of guanidine groups is 1. The van der Waals surface area contributed by atoms with Crippen LogP contribution in [0.1, 0.15) is 29.6 Å². The highest BCUT2D eigenvalue weighted by Gasteiger charge is 2.09. The van der Waals surface area contributed by atoms with Crippen LogP contribution in [0.2, 0.25) is 5.02 Å². The van der Waals surface area contributed by atoms with Gasteiger partial charge in [-0.15, -0.1) is 35.3 Å². The SMILES string of the molecule is CCNC(=NCc1nc(-c2cccc(Cl)c2)no1)NCc1ncc(CC)s1.I. The first-order chi connectivity index (χ1) is 13.2. The Hall–Kier alpha value is -1.72. The Bertz CT molecular complexity index is 913. The first-order valence-corrected chi connectivity index (χ1v) is 9.91. The van der Waals surface area contributed by atoms with E-state index in [0.717, 1.165) is 23.5 Å². The Balaban J connectivity index is 0.00000280. The summed E-state index contributed by atoms with van der Waals surface area (Å²) >= 11 is 7.71. The van der Waals surface area contributed by atoms with Crippen molar-refractivity contribution in [3.05, 3.63) is 51.3 Å². The van der Waals surface area contributed by atoms with Crippen LogP contribution >= 0.6 is 46.9 Å². The third-order valence-corrected chi connectivity index (χ3v) is 5.00. The van der Waals surface area contributed by atoms with Crippen molar-refractivity contribution in [3.8, 4) is 11.4 Å². The lowest BCUT2D eigenvalue weighted by Crippen LogP contribution is -2.36. The van der Waals surface area contributed by atoms with E-state index < -0.39 is 0 Å². The van der Waals surface area contributed by atoms with Crippen molar-refractivity contribution in [2.24, 2.45) is 4.99 Å². The number of benzene rings is 1. The molecule has 0 saturated carbocycles. The van der Waals surface area contributed by atoms with Gasteiger partial charge in [0.25, 0.3) is 0 Å². The first kappa shape index (κ1) is 22.6. The zero-order chi connectivity index (χ0) is 19.1. The second-order valence-electron chi connectivity index (χ2n) is 5.64. The number of hydrogen-bond acceptors (Lipinski definition) is 6. The summed E-state index contributed by atoms with van der Waals surface area (Å²) in [6.45, 7) is 5.79. The number of nitrogens with zero attached hydrogens (tertiary/aromatic N) is 4. The fourth-order valence-electron chi connectivity index (χ4n) is 2.30. The van der Waals surface area contributed by atoms with Gasteiger partial charge in [0.1, 0.15) is 11.6 Å². The molecule has 0 aliphatic rings. The third kappa shape index (κ3) is 6.42. The molecule has 10 heteroatoms. The van der Waals surface area contributed by atoms with Crippen LogP contribution in [-0.4, -0.2) is 27.6 Å². The number of thiazole rings is 1. The lowest BCUT2D eigenvalue weighted by atomic mass is 10.2. The van der Waals surface area contributed by atoms with Crippen LogP contribution in [0.3, 0.4) is 0 Å². The summed E-state index contributed by atoms with van der Waals surface area (Å²) in [7, 11) is 0. The lowest BCUT2D eigenvalue weighted by Gasteiger charge is -2.09. The molecule has 0 aliphatic heterocycles. The van der Waals surface area contributed by atoms with E-state index in [2.05, 4.69) is 37.7 Å². The Morgan fingerprint density at radius 1 is 1.29 bits per heavy atom. The van der Waals surface area contributed by atoms with E-state index in [-0.39, 0.29) is 30.5 Å². The van der Waals surface area contributed by atoms with Gasteiger partial charge in [0, 0.05) is 28.2 Å². The number of aromatic nitrogens is 3. The van der Waals surface area contributed by atoms with Crippen molar-refractivity contribution < 1.29 is 4.52 Å². The third-order valence-electron chi connectivity index (χ3n) is 3.62. The summed E-state index contributed by atoms with van der Waals surface area (Å²) in [5.74, 6) is 1.61. The zero-order valence-electron chi connectivity index (χ0n) is 15.6. The van der Waals surface area contributed by atoms with Gasteiger partial charge in [0.15, 0.2) is 5.96 Å². The van der Waals surface area contributed by atoms with Crippen molar-refractivity contribution in [1.82, 2.24) is 25.8 Å². The van der Waals surface area contributed by atoms with Gasteiger partial charge in [0.2, 0.25) is 11.7 Å². The predicted molar refractivity (Wildman–Crippen MR) is 123 cm³/mol. The Kier molecular flexibility index (Phi) is 9.13. The minimum Gasteiger partial charge on any atom is -0.357 e. The van der Waals surface area contributed by atoms with Crippen LogP contribution < -0.4 is 10.6 Å². The quantitative estimate of drug-likeness (QED) is 0.268. The molecule has 0 saturated heterocycles. The maximum Gasteiger partial charge on any atom is 0.248 e. The maximum absolute atomic E-state index is 6.01. The molecule has 2 N–H and O–H groups in total. The molecule has 2 heterocycles. The van der Waals surface area contributed by atoms with E-state index in [1.54, 1.807) is 23.5 Å². The molecule has 7 nitrogen and oxygen atoms in total. The highest BCUT2D eigenvalue weighted by molar-refractivity contribution is 14.0. The van der Waals surface area contributed by atoms with Crippen LogP contribution in [-0.2, 0) is 19.5 Å². The minimum absolute atomic E-state index is 0. The van der Waals surface area contributed by atoms with Gasteiger partial charge in [-0.05, 0) is 25.5 Å². The number of nitrogens with one attached hydrogen (secondary N) is 2. The largest absolute Gasteiger partial charge is 0.357 e. The molecule has 0 radical (unpaired) electrons. The number of hydrogen-bond donors (Lipinski definition) is 2. The lowest BCUT2D eigenvalue weighted by molar-refractivity contribution is 0.380. The van der Waals surface area contributed by atoms with Gasteiger partial charge in [-0.25, -0.2) is 9.98 Å². The topological polar surface area (TPSA) is 88.2 Å². The molecule has 0 bridgehead atoms. The highest BCUT2D eigenvalue weighted by Crippen LogP contribution is 2.20. The monoisotopic (exact) mass is 532 g/mol. The second-order valence-corrected chi connectivity index (χ2v) is 7.28. The van der Waals surface area contributed by atoms with E-state index in [1.165, 1.54) is 4.88 Å². The molecule has 0 spiro atoms. The smallest absolute Gasteiger partial charge is 0.248 e. The second kappa shape index (κ2) is 11.3. The molecule has 3 aromatic rings. The molecule has 0 aliphatic carbocycles. The maximum atomic E-state index is 6.01. The molecule has 0 unspecified atom stereocenters. The molecule has 0 fully saturated rings. The Morgan fingerprint density at radius 3 is 2.86 bits per heavy atom. The molecule has 3 rings (SSSR count). The Labute approximate surface area is 190 Å². The van der Waals surface area contributed by atoms with Crippen LogP contribution in [0.25, 0.3) is 11.4 Å². The minimum atomic E-state index is 0. The van der Waals surface area contributed by atoms with Crippen LogP contribution in [0.4, 0.5) is 0 Å². The van der Waals surface area contributed by atoms with E-state index >= 15 is 0 Å². The van der Waals surface area contributed by atoms with Crippen LogP contribution in [0.5, 0.6) is 0 Å². The summed E-state index contributed by atoms with van der Waals surface area (Å²) in [6, 6.07) is 7.33. The van der Waals surface area contributed by atoms with E-state index in [0.29, 0.717) is 29.2 Å². The van der Waals surface area contributed by atoms with Gasteiger partial charge < -0.3 is 15.2 Å². The highest BCUT2D eigenvalue weighted by atomic mass is 127. The molecule has 0 atom stereocenters. The van der Waals surface area contributed by atoms with Gasteiger partial charge in [-0.1, -0.05) is 35.8 Å². The summed E-state index contributed by atoms with van der Waals surface area (Å²) in [5.41, 5.74) is 0.807. The van der Waals surface area contributed by atoms with E-state index in [4.69, 9.17) is 16.1 Å². The number of rotatable bonds is 7. The summed E-state index contributed by atoms with van der Waals surface area (Å²) in [6.07, 6.45) is 2.92. The first-order valence-electron chi connectivity index (χ1n) is 8.72. The van der Waals surface area contributed by atoms with Crippen molar-refractivity contribution >= 4 is 52.9 Å². The van der Waals surface area contributed by atoms with E-state index in [9.17, 15) is 0 Å². The fraction of sp³-hybridized carbons (Fsp3) is 0.333. The summed E-state index contributed by atoms with van der Waals surface area (Å²) in [4.78, 5) is 14.6. The number of halogens is 2. The van der Waals surface area contributed by atoms with Crippen molar-refractivity contribution in [2.75, 3.05) is 6.54 Å². The van der Waals surface area contributed by atoms with Crippen LogP contribution in [0.15, 0.2) is 40.0 Å².